The summed E-state index contributed by atoms with van der Waals surface area (Å²) in [4.78, 5) is 28.5. The van der Waals surface area contributed by atoms with E-state index in [1.165, 1.54) is 28.8 Å². The topological polar surface area (TPSA) is 76.5 Å². The molecule has 2 aliphatic rings. The molecule has 0 saturated carbocycles. The van der Waals surface area contributed by atoms with Crippen molar-refractivity contribution in [3.63, 3.8) is 0 Å². The number of carbonyl (C=O) groups excluding carboxylic acids is 2. The molecule has 1 aromatic heterocycles. The van der Waals surface area contributed by atoms with Gasteiger partial charge in [0.15, 0.2) is 0 Å². The number of halogens is 2. The summed E-state index contributed by atoms with van der Waals surface area (Å²) in [6.07, 6.45) is 1.80. The van der Waals surface area contributed by atoms with Gasteiger partial charge in [0.25, 0.3) is 0 Å². The third kappa shape index (κ3) is 6.04. The number of aromatic nitrogens is 2. The monoisotopic (exact) mass is 582 g/mol. The fourth-order valence-electron chi connectivity index (χ4n) is 5.48. The highest BCUT2D eigenvalue weighted by molar-refractivity contribution is 8.00. The predicted molar refractivity (Wildman–Crippen MR) is 157 cm³/mol. The summed E-state index contributed by atoms with van der Waals surface area (Å²) in [5.74, 6) is -1.54. The lowest BCUT2D eigenvalue weighted by Crippen LogP contribution is -2.44. The number of ether oxygens (including phenoxy) is 1. The Kier molecular flexibility index (Phi) is 8.25. The zero-order valence-corrected chi connectivity index (χ0v) is 24.9. The predicted octanol–water partition coefficient (Wildman–Crippen LogP) is 5.53. The fraction of sp³-hybridized carbons (Fsp3) is 0.452. The number of anilines is 1. The minimum atomic E-state index is -0.692. The second-order valence-corrected chi connectivity index (χ2v) is 12.9. The second-order valence-electron chi connectivity index (χ2n) is 11.8. The Labute approximate surface area is 243 Å². The summed E-state index contributed by atoms with van der Waals surface area (Å²) in [5.41, 5.74) is 3.85. The van der Waals surface area contributed by atoms with E-state index in [1.807, 2.05) is 52.8 Å². The third-order valence-electron chi connectivity index (χ3n) is 7.48. The van der Waals surface area contributed by atoms with E-state index in [2.05, 4.69) is 5.32 Å². The van der Waals surface area contributed by atoms with Crippen LogP contribution in [0.15, 0.2) is 36.4 Å². The molecular weight excluding hydrogens is 546 g/mol. The van der Waals surface area contributed by atoms with E-state index in [0.717, 1.165) is 35.7 Å². The van der Waals surface area contributed by atoms with Crippen LogP contribution in [0.3, 0.4) is 0 Å². The van der Waals surface area contributed by atoms with Crippen LogP contribution in [0.4, 0.5) is 14.6 Å². The first-order chi connectivity index (χ1) is 19.4. The number of aryl methyl sites for hydroxylation is 2. The van der Waals surface area contributed by atoms with Gasteiger partial charge >= 0.3 is 0 Å². The first kappa shape index (κ1) is 29.3. The molecule has 7 nitrogen and oxygen atoms in total. The van der Waals surface area contributed by atoms with Gasteiger partial charge in [-0.25, -0.2) is 13.5 Å². The van der Waals surface area contributed by atoms with E-state index in [0.29, 0.717) is 30.2 Å². The Bertz CT molecular complexity index is 1480. The summed E-state index contributed by atoms with van der Waals surface area (Å²) in [6.45, 7) is 10.8. The molecule has 5 rings (SSSR count). The van der Waals surface area contributed by atoms with E-state index < -0.39 is 22.3 Å². The van der Waals surface area contributed by atoms with Gasteiger partial charge < -0.3 is 10.1 Å². The van der Waals surface area contributed by atoms with Gasteiger partial charge in [-0.2, -0.15) is 5.10 Å². The summed E-state index contributed by atoms with van der Waals surface area (Å²) in [6, 6.07) is 9.47. The van der Waals surface area contributed by atoms with Crippen molar-refractivity contribution >= 4 is 29.4 Å². The summed E-state index contributed by atoms with van der Waals surface area (Å²) >= 11 is 1.26. The van der Waals surface area contributed by atoms with Gasteiger partial charge in [-0.1, -0.05) is 44.5 Å². The lowest BCUT2D eigenvalue weighted by molar-refractivity contribution is -0.123. The van der Waals surface area contributed by atoms with Gasteiger partial charge in [-0.15, -0.1) is 11.8 Å². The van der Waals surface area contributed by atoms with Crippen molar-refractivity contribution in [2.75, 3.05) is 30.3 Å². The lowest BCUT2D eigenvalue weighted by Gasteiger charge is -2.25. The van der Waals surface area contributed by atoms with Gasteiger partial charge in [-0.3, -0.25) is 14.5 Å². The number of thioether (sulfide) groups is 1. The first-order valence-corrected chi connectivity index (χ1v) is 14.9. The molecule has 2 amide bonds. The smallest absolute Gasteiger partial charge is 0.240 e. The Balaban J connectivity index is 1.69. The fourth-order valence-corrected chi connectivity index (χ4v) is 6.70. The molecule has 0 unspecified atom stereocenters. The van der Waals surface area contributed by atoms with Gasteiger partial charge in [0.2, 0.25) is 11.8 Å². The van der Waals surface area contributed by atoms with Crippen molar-refractivity contribution < 1.29 is 23.1 Å². The molecule has 2 aliphatic heterocycles. The minimum absolute atomic E-state index is 0.00560. The summed E-state index contributed by atoms with van der Waals surface area (Å²) in [7, 11) is 0. The number of amides is 2. The van der Waals surface area contributed by atoms with Gasteiger partial charge in [0, 0.05) is 35.8 Å². The Morgan fingerprint density at radius 3 is 2.61 bits per heavy atom. The maximum atomic E-state index is 15.3. The van der Waals surface area contributed by atoms with Crippen LogP contribution in [0, 0.1) is 25.5 Å². The van der Waals surface area contributed by atoms with Crippen LogP contribution in [-0.4, -0.2) is 53.1 Å². The molecule has 0 aliphatic carbocycles. The molecule has 1 saturated heterocycles. The molecular formula is C31H36F2N4O3S. The lowest BCUT2D eigenvalue weighted by atomic mass is 9.87. The van der Waals surface area contributed by atoms with Crippen LogP contribution >= 0.6 is 11.8 Å². The van der Waals surface area contributed by atoms with Crippen molar-refractivity contribution in [2.24, 2.45) is 0 Å². The van der Waals surface area contributed by atoms with E-state index in [9.17, 15) is 14.0 Å². The molecule has 2 aromatic carbocycles. The normalized spacial score (nSPS) is 19.3. The number of fused-ring (bicyclic) bond motifs is 1. The molecule has 0 bridgehead atoms. The van der Waals surface area contributed by atoms with Crippen molar-refractivity contribution in [2.45, 2.75) is 64.2 Å². The van der Waals surface area contributed by atoms with E-state index >= 15 is 4.39 Å². The number of nitrogens with zero attached hydrogens (tertiary/aromatic N) is 3. The first-order valence-electron chi connectivity index (χ1n) is 13.9. The van der Waals surface area contributed by atoms with Crippen molar-refractivity contribution in [1.82, 2.24) is 15.1 Å². The number of rotatable bonds is 6. The van der Waals surface area contributed by atoms with Crippen molar-refractivity contribution in [3.8, 4) is 5.69 Å². The second kappa shape index (κ2) is 11.6. The largest absolute Gasteiger partial charge is 0.376 e. The maximum Gasteiger partial charge on any atom is 0.240 e. The Hall–Kier alpha value is -3.24. The average molecular weight is 583 g/mol. The SMILES string of the molecule is Cc1ccc(-n2nc(C(C)(C)C)c3c2N(CC(=O)NC[C@H]2CCCO2)C(=O)CS[C@H]3c2ccc(F)cc2F)c(C)c1. The molecule has 3 heterocycles. The molecule has 218 valence electrons. The molecule has 2 atom stereocenters. The maximum absolute atomic E-state index is 15.3. The third-order valence-corrected chi connectivity index (χ3v) is 8.71. The Morgan fingerprint density at radius 1 is 1.17 bits per heavy atom. The Morgan fingerprint density at radius 2 is 1.95 bits per heavy atom. The van der Waals surface area contributed by atoms with Crippen LogP contribution in [0.5, 0.6) is 0 Å². The quantitative estimate of drug-likeness (QED) is 0.414. The molecule has 1 fully saturated rings. The van der Waals surface area contributed by atoms with Gasteiger partial charge in [0.1, 0.15) is 24.0 Å². The molecule has 0 radical (unpaired) electrons. The molecule has 41 heavy (non-hydrogen) atoms. The number of hydrogen-bond acceptors (Lipinski definition) is 5. The molecule has 1 N–H and O–H groups in total. The number of nitrogens with one attached hydrogen (secondary N) is 1. The van der Waals surface area contributed by atoms with E-state index in [-0.39, 0.29) is 35.8 Å². The van der Waals surface area contributed by atoms with E-state index in [4.69, 9.17) is 9.84 Å². The summed E-state index contributed by atoms with van der Waals surface area (Å²) < 4.78 is 36.6. The summed E-state index contributed by atoms with van der Waals surface area (Å²) in [5, 5.41) is 7.32. The van der Waals surface area contributed by atoms with Crippen LogP contribution in [0.25, 0.3) is 5.69 Å². The van der Waals surface area contributed by atoms with E-state index in [1.54, 1.807) is 4.68 Å². The minimum Gasteiger partial charge on any atom is -0.376 e. The average Bonchev–Trinajstić information content (AvgIpc) is 3.53. The standard InChI is InChI=1S/C31H36F2N4O3S/c1-18-8-11-24(19(2)13-18)37-30-27(29(35-37)31(3,4)5)28(22-10-9-20(32)14-23(22)33)41-17-26(39)36(30)16-25(38)34-15-21-7-6-12-40-21/h8-11,13-14,21,28H,6-7,12,15-17H2,1-5H3,(H,34,38)/t21-,28+/m1/s1. The zero-order chi connectivity index (χ0) is 29.5. The van der Waals surface area contributed by atoms with Gasteiger partial charge in [0.05, 0.1) is 28.5 Å². The molecule has 0 spiro atoms. The highest BCUT2D eigenvalue weighted by Crippen LogP contribution is 2.49. The van der Waals surface area contributed by atoms with Crippen molar-refractivity contribution in [3.05, 3.63) is 76.0 Å². The van der Waals surface area contributed by atoms with Crippen LogP contribution in [0.1, 0.15) is 66.8 Å². The van der Waals surface area contributed by atoms with Crippen LogP contribution in [0.2, 0.25) is 0 Å². The van der Waals surface area contributed by atoms with Crippen LogP contribution in [-0.2, 0) is 19.7 Å². The number of hydrogen-bond donors (Lipinski definition) is 1. The molecule has 3 aromatic rings. The van der Waals surface area contributed by atoms with Crippen LogP contribution < -0.4 is 10.2 Å². The molecule has 10 heteroatoms. The van der Waals surface area contributed by atoms with Gasteiger partial charge in [-0.05, 0) is 44.4 Å². The zero-order valence-electron chi connectivity index (χ0n) is 24.1. The van der Waals surface area contributed by atoms with Crippen molar-refractivity contribution in [1.29, 1.82) is 0 Å². The number of carbonyl (C=O) groups is 2. The number of benzene rings is 2. The highest BCUT2D eigenvalue weighted by atomic mass is 32.2. The highest BCUT2D eigenvalue weighted by Gasteiger charge is 2.41.